The van der Waals surface area contributed by atoms with Crippen molar-refractivity contribution in [2.75, 3.05) is 11.1 Å². The third-order valence-corrected chi connectivity index (χ3v) is 5.04. The summed E-state index contributed by atoms with van der Waals surface area (Å²) >= 11 is 0. The Morgan fingerprint density at radius 1 is 1.24 bits per heavy atom. The van der Waals surface area contributed by atoms with Crippen molar-refractivity contribution in [3.63, 3.8) is 0 Å². The van der Waals surface area contributed by atoms with Gasteiger partial charge in [0.25, 0.3) is 0 Å². The van der Waals surface area contributed by atoms with Gasteiger partial charge in [-0.1, -0.05) is 0 Å². The molecule has 0 aliphatic carbocycles. The van der Waals surface area contributed by atoms with Gasteiger partial charge in [0.05, 0.1) is 34.4 Å². The minimum absolute atomic E-state index is 0.0205. The molecule has 0 spiro atoms. The lowest BCUT2D eigenvalue weighted by Crippen LogP contribution is -2.16. The van der Waals surface area contributed by atoms with E-state index in [1.54, 1.807) is 23.7 Å². The third-order valence-electron chi connectivity index (χ3n) is 5.04. The second-order valence-corrected chi connectivity index (χ2v) is 7.29. The Morgan fingerprint density at radius 3 is 2.73 bits per heavy atom. The Balaban J connectivity index is 1.87. The van der Waals surface area contributed by atoms with Gasteiger partial charge in [0.15, 0.2) is 5.82 Å². The van der Waals surface area contributed by atoms with Crippen LogP contribution in [0, 0.1) is 29.6 Å². The minimum Gasteiger partial charge on any atom is -0.478 e. The number of nitrogen functional groups attached to an aromatic ring is 1. The number of nitrogens with one attached hydrogen (secondary N) is 1. The molecular weight excluding hydrogens is 422 g/mol. The van der Waals surface area contributed by atoms with E-state index in [9.17, 15) is 20.4 Å². The zero-order valence-corrected chi connectivity index (χ0v) is 17.6. The minimum atomic E-state index is -1.15. The van der Waals surface area contributed by atoms with E-state index in [0.717, 1.165) is 5.56 Å². The SMILES string of the molecule is Cc1ccn2nc([C@H](C)Nc3ncnc(N)c3C#N)nc(-c3cc(C#N)cc(C(=O)O)c3)c12. The monoisotopic (exact) mass is 439 g/mol. The topological polar surface area (TPSA) is 179 Å². The quantitative estimate of drug-likeness (QED) is 0.418. The van der Waals surface area contributed by atoms with Crippen molar-refractivity contribution in [2.45, 2.75) is 19.9 Å². The molecule has 3 aromatic heterocycles. The molecule has 0 aliphatic heterocycles. The van der Waals surface area contributed by atoms with Crippen molar-refractivity contribution in [1.82, 2.24) is 24.6 Å². The van der Waals surface area contributed by atoms with Gasteiger partial charge in [-0.25, -0.2) is 24.3 Å². The van der Waals surface area contributed by atoms with Crippen molar-refractivity contribution in [3.8, 4) is 23.4 Å². The van der Waals surface area contributed by atoms with E-state index in [1.165, 1.54) is 18.5 Å². The van der Waals surface area contributed by atoms with Crippen LogP contribution >= 0.6 is 0 Å². The second kappa shape index (κ2) is 8.24. The van der Waals surface area contributed by atoms with Gasteiger partial charge in [0.1, 0.15) is 29.6 Å². The van der Waals surface area contributed by atoms with Crippen molar-refractivity contribution in [3.05, 3.63) is 64.9 Å². The summed E-state index contributed by atoms with van der Waals surface area (Å²) in [7, 11) is 0. The lowest BCUT2D eigenvalue weighted by Gasteiger charge is -2.16. The number of aryl methyl sites for hydroxylation is 1. The standard InChI is InChI=1S/C22H17N9O2/c1-11-3-4-31-18(11)17(14-5-13(8-23)6-15(7-14)22(32)33)29-20(30-31)12(2)28-21-16(9-24)19(25)26-10-27-21/h3-7,10,12H,1-2H3,(H,32,33)(H3,25,26,27,28)/t12-/m0/s1. The van der Waals surface area contributed by atoms with E-state index >= 15 is 0 Å². The fraction of sp³-hybridized carbons (Fsp3) is 0.136. The smallest absolute Gasteiger partial charge is 0.335 e. The van der Waals surface area contributed by atoms with E-state index in [0.29, 0.717) is 22.6 Å². The summed E-state index contributed by atoms with van der Waals surface area (Å²) in [5.41, 5.74) is 8.56. The normalized spacial score (nSPS) is 11.5. The maximum Gasteiger partial charge on any atom is 0.335 e. The summed E-state index contributed by atoms with van der Waals surface area (Å²) in [6, 6.07) is 9.69. The van der Waals surface area contributed by atoms with Crippen molar-refractivity contribution < 1.29 is 9.90 Å². The van der Waals surface area contributed by atoms with Crippen LogP contribution in [0.2, 0.25) is 0 Å². The molecule has 0 bridgehead atoms. The first-order valence-electron chi connectivity index (χ1n) is 9.74. The van der Waals surface area contributed by atoms with Crippen molar-refractivity contribution in [1.29, 1.82) is 10.5 Å². The molecule has 11 heteroatoms. The predicted molar refractivity (Wildman–Crippen MR) is 118 cm³/mol. The molecule has 0 amide bonds. The van der Waals surface area contributed by atoms with Gasteiger partial charge in [0.2, 0.25) is 0 Å². The van der Waals surface area contributed by atoms with Crippen LogP contribution in [-0.2, 0) is 0 Å². The molecule has 11 nitrogen and oxygen atoms in total. The third kappa shape index (κ3) is 3.86. The number of nitrogens with zero attached hydrogens (tertiary/aromatic N) is 7. The summed E-state index contributed by atoms with van der Waals surface area (Å²) < 4.78 is 1.64. The van der Waals surface area contributed by atoms with Gasteiger partial charge in [-0.3, -0.25) is 0 Å². The number of carboxylic acids is 1. The van der Waals surface area contributed by atoms with Gasteiger partial charge in [-0.15, -0.1) is 0 Å². The zero-order chi connectivity index (χ0) is 23.7. The number of nitriles is 2. The molecule has 4 rings (SSSR count). The molecule has 4 N–H and O–H groups in total. The first kappa shape index (κ1) is 21.2. The Labute approximate surface area is 187 Å². The summed E-state index contributed by atoms with van der Waals surface area (Å²) in [6.45, 7) is 3.67. The van der Waals surface area contributed by atoms with E-state index in [1.807, 2.05) is 25.1 Å². The van der Waals surface area contributed by atoms with E-state index < -0.39 is 12.0 Å². The number of hydrogen-bond acceptors (Lipinski definition) is 9. The van der Waals surface area contributed by atoms with Crippen molar-refractivity contribution >= 4 is 23.1 Å². The molecule has 0 saturated heterocycles. The number of fused-ring (bicyclic) bond motifs is 1. The molecule has 0 radical (unpaired) electrons. The maximum atomic E-state index is 11.6. The number of aromatic nitrogens is 5. The van der Waals surface area contributed by atoms with Gasteiger partial charge >= 0.3 is 5.97 Å². The average molecular weight is 439 g/mol. The highest BCUT2D eigenvalue weighted by molar-refractivity contribution is 5.91. The van der Waals surface area contributed by atoms with Crippen molar-refractivity contribution in [2.24, 2.45) is 0 Å². The fourth-order valence-electron chi connectivity index (χ4n) is 3.42. The lowest BCUT2D eigenvalue weighted by molar-refractivity contribution is 0.0697. The first-order valence-corrected chi connectivity index (χ1v) is 9.74. The van der Waals surface area contributed by atoms with Crippen LogP contribution in [-0.4, -0.2) is 35.6 Å². The van der Waals surface area contributed by atoms with Gasteiger partial charge < -0.3 is 16.2 Å². The molecule has 1 atom stereocenters. The number of anilines is 2. The first-order chi connectivity index (χ1) is 15.8. The Morgan fingerprint density at radius 2 is 2.03 bits per heavy atom. The van der Waals surface area contributed by atoms with Crippen LogP contribution in [0.1, 0.15) is 45.8 Å². The molecule has 33 heavy (non-hydrogen) atoms. The second-order valence-electron chi connectivity index (χ2n) is 7.29. The highest BCUT2D eigenvalue weighted by atomic mass is 16.4. The molecule has 0 aliphatic rings. The highest BCUT2D eigenvalue weighted by Gasteiger charge is 2.20. The number of carboxylic acid groups (broad SMARTS) is 1. The molecule has 0 saturated carbocycles. The number of hydrogen-bond donors (Lipinski definition) is 3. The summed E-state index contributed by atoms with van der Waals surface area (Å²) in [5.74, 6) is -0.500. The van der Waals surface area contributed by atoms with Crippen LogP contribution in [0.4, 0.5) is 11.6 Å². The summed E-state index contributed by atoms with van der Waals surface area (Å²) in [4.78, 5) is 24.2. The molecule has 162 valence electrons. The number of aromatic carboxylic acids is 1. The molecule has 0 fully saturated rings. The van der Waals surface area contributed by atoms with Crippen LogP contribution in [0.3, 0.4) is 0 Å². The Hall–Kier alpha value is -5.03. The Kier molecular flexibility index (Phi) is 5.30. The summed E-state index contributed by atoms with van der Waals surface area (Å²) in [6.07, 6.45) is 3.01. The molecular formula is C22H17N9O2. The van der Waals surface area contributed by atoms with E-state index in [4.69, 9.17) is 10.7 Å². The number of carbonyl (C=O) groups is 1. The van der Waals surface area contributed by atoms with Crippen LogP contribution in [0.5, 0.6) is 0 Å². The van der Waals surface area contributed by atoms with Crippen LogP contribution in [0.25, 0.3) is 16.8 Å². The lowest BCUT2D eigenvalue weighted by atomic mass is 10.0. The van der Waals surface area contributed by atoms with E-state index in [-0.39, 0.29) is 28.3 Å². The van der Waals surface area contributed by atoms with Crippen LogP contribution in [0.15, 0.2) is 36.8 Å². The maximum absolute atomic E-state index is 11.6. The highest BCUT2D eigenvalue weighted by Crippen LogP contribution is 2.29. The zero-order valence-electron chi connectivity index (χ0n) is 17.6. The largest absolute Gasteiger partial charge is 0.478 e. The number of nitrogens with two attached hydrogens (primary N) is 1. The summed E-state index contributed by atoms with van der Waals surface area (Å²) in [5, 5.41) is 35.9. The van der Waals surface area contributed by atoms with E-state index in [2.05, 4.69) is 20.4 Å². The Bertz CT molecular complexity index is 1490. The van der Waals surface area contributed by atoms with Gasteiger partial charge in [0, 0.05) is 11.8 Å². The molecule has 0 unspecified atom stereocenters. The van der Waals surface area contributed by atoms with Crippen LogP contribution < -0.4 is 11.1 Å². The number of rotatable bonds is 5. The molecule has 4 aromatic rings. The predicted octanol–water partition coefficient (Wildman–Crippen LogP) is 2.69. The number of benzene rings is 1. The van der Waals surface area contributed by atoms with Gasteiger partial charge in [-0.05, 0) is 43.7 Å². The molecule has 3 heterocycles. The fourth-order valence-corrected chi connectivity index (χ4v) is 3.42. The van der Waals surface area contributed by atoms with Gasteiger partial charge in [-0.2, -0.15) is 15.6 Å². The average Bonchev–Trinajstić information content (AvgIpc) is 3.19. The molecule has 1 aromatic carbocycles.